The Morgan fingerprint density at radius 3 is 2.78 bits per heavy atom. The van der Waals surface area contributed by atoms with Gasteiger partial charge in [0.05, 0.1) is 17.0 Å². The van der Waals surface area contributed by atoms with Gasteiger partial charge in [0.25, 0.3) is 0 Å². The summed E-state index contributed by atoms with van der Waals surface area (Å²) in [5.74, 6) is 2.07. The van der Waals surface area contributed by atoms with E-state index in [4.69, 9.17) is 10.7 Å². The summed E-state index contributed by atoms with van der Waals surface area (Å²) >= 11 is 0. The standard InChI is InChI=1S/C30H36N6O/c1-3-22-25(36-16-23(19-6-4-5-7-19)27-29(31)33-17-34-30(27)36)15-21(28(22)37)11-9-18-8-10-20-12-13-26(32-2)35-24(20)14-18/h3,8,10,12-14,16-17,19,21-22,25,28,37H,1,4-7,9,11,15H2,2H3,(H,32,35)(H2,31,33,34)/t21-,22-,25+,28+/m0/s1. The lowest BCUT2D eigenvalue weighted by atomic mass is 9.94. The van der Waals surface area contributed by atoms with Crippen LogP contribution in [0, 0.1) is 11.8 Å². The van der Waals surface area contributed by atoms with Crippen LogP contribution in [-0.4, -0.2) is 37.8 Å². The Labute approximate surface area is 217 Å². The van der Waals surface area contributed by atoms with Crippen molar-refractivity contribution in [2.75, 3.05) is 18.1 Å². The summed E-state index contributed by atoms with van der Waals surface area (Å²) < 4.78 is 2.27. The van der Waals surface area contributed by atoms with E-state index in [9.17, 15) is 5.11 Å². The van der Waals surface area contributed by atoms with E-state index in [-0.39, 0.29) is 17.9 Å². The van der Waals surface area contributed by atoms with Crippen LogP contribution in [0.15, 0.2) is 55.5 Å². The molecule has 0 radical (unpaired) electrons. The van der Waals surface area contributed by atoms with Gasteiger partial charge >= 0.3 is 0 Å². The average Bonchev–Trinajstić information content (AvgIpc) is 3.65. The zero-order valence-corrected chi connectivity index (χ0v) is 21.5. The second-order valence-electron chi connectivity index (χ2n) is 10.8. The lowest BCUT2D eigenvalue weighted by Gasteiger charge is -2.21. The van der Waals surface area contributed by atoms with E-state index in [0.717, 1.165) is 47.0 Å². The first-order valence-corrected chi connectivity index (χ1v) is 13.6. The number of aliphatic hydroxyl groups is 1. The van der Waals surface area contributed by atoms with Crippen molar-refractivity contribution in [3.8, 4) is 0 Å². The van der Waals surface area contributed by atoms with E-state index in [1.165, 1.54) is 36.8 Å². The van der Waals surface area contributed by atoms with Gasteiger partial charge in [-0.3, -0.25) is 0 Å². The number of fused-ring (bicyclic) bond motifs is 2. The van der Waals surface area contributed by atoms with Gasteiger partial charge in [-0.15, -0.1) is 6.58 Å². The number of aliphatic hydroxyl groups excluding tert-OH is 1. The van der Waals surface area contributed by atoms with Crippen LogP contribution in [0.1, 0.15) is 61.6 Å². The maximum Gasteiger partial charge on any atom is 0.146 e. The minimum absolute atomic E-state index is 0.0373. The van der Waals surface area contributed by atoms with Crippen LogP contribution in [0.3, 0.4) is 0 Å². The molecule has 1 aromatic carbocycles. The molecule has 4 aromatic rings. The fourth-order valence-electron chi connectivity index (χ4n) is 6.78. The van der Waals surface area contributed by atoms with Crippen molar-refractivity contribution in [3.63, 3.8) is 0 Å². The van der Waals surface area contributed by atoms with Gasteiger partial charge in [-0.05, 0) is 73.3 Å². The molecule has 0 bridgehead atoms. The van der Waals surface area contributed by atoms with Gasteiger partial charge in [-0.25, -0.2) is 15.0 Å². The maximum absolute atomic E-state index is 11.4. The molecule has 2 aliphatic carbocycles. The minimum atomic E-state index is -0.441. The van der Waals surface area contributed by atoms with Gasteiger partial charge in [-0.2, -0.15) is 0 Å². The molecule has 192 valence electrons. The molecule has 2 saturated carbocycles. The molecule has 0 unspecified atom stereocenters. The molecular weight excluding hydrogens is 460 g/mol. The molecule has 2 aliphatic rings. The number of benzene rings is 1. The quantitative estimate of drug-likeness (QED) is 0.287. The third-order valence-corrected chi connectivity index (χ3v) is 8.77. The van der Waals surface area contributed by atoms with E-state index in [1.807, 2.05) is 19.2 Å². The first kappa shape index (κ1) is 23.9. The summed E-state index contributed by atoms with van der Waals surface area (Å²) in [5, 5.41) is 16.6. The van der Waals surface area contributed by atoms with E-state index in [1.54, 1.807) is 6.33 Å². The van der Waals surface area contributed by atoms with E-state index >= 15 is 0 Å². The predicted octanol–water partition coefficient (Wildman–Crippen LogP) is 5.62. The van der Waals surface area contributed by atoms with E-state index in [0.29, 0.717) is 11.7 Å². The molecule has 2 fully saturated rings. The van der Waals surface area contributed by atoms with Crippen molar-refractivity contribution >= 4 is 33.6 Å². The molecule has 6 rings (SSSR count). The van der Waals surface area contributed by atoms with Crippen LogP contribution in [0.2, 0.25) is 0 Å². The van der Waals surface area contributed by atoms with Gasteiger partial charge in [0, 0.05) is 30.6 Å². The number of rotatable bonds is 7. The number of nitrogen functional groups attached to an aromatic ring is 1. The van der Waals surface area contributed by atoms with Gasteiger partial charge in [0.15, 0.2) is 0 Å². The number of pyridine rings is 1. The summed E-state index contributed by atoms with van der Waals surface area (Å²) in [6, 6.07) is 10.7. The molecule has 7 heteroatoms. The second kappa shape index (κ2) is 9.78. The average molecular weight is 497 g/mol. The van der Waals surface area contributed by atoms with Crippen molar-refractivity contribution < 1.29 is 5.11 Å². The summed E-state index contributed by atoms with van der Waals surface area (Å²) in [6.45, 7) is 4.11. The fraction of sp³-hybridized carbons (Fsp3) is 0.433. The zero-order valence-electron chi connectivity index (χ0n) is 21.5. The third kappa shape index (κ3) is 4.25. The Kier molecular flexibility index (Phi) is 6.32. The lowest BCUT2D eigenvalue weighted by Crippen LogP contribution is -2.23. The van der Waals surface area contributed by atoms with Crippen molar-refractivity contribution in [2.45, 2.75) is 63.0 Å². The molecule has 4 N–H and O–H groups in total. The van der Waals surface area contributed by atoms with Gasteiger partial charge in [-0.1, -0.05) is 31.1 Å². The highest BCUT2D eigenvalue weighted by Crippen LogP contribution is 2.47. The minimum Gasteiger partial charge on any atom is -0.392 e. The maximum atomic E-state index is 11.4. The van der Waals surface area contributed by atoms with Crippen molar-refractivity contribution in [1.29, 1.82) is 0 Å². The zero-order chi connectivity index (χ0) is 25.5. The Morgan fingerprint density at radius 2 is 2.00 bits per heavy atom. The highest BCUT2D eigenvalue weighted by molar-refractivity contribution is 5.90. The highest BCUT2D eigenvalue weighted by atomic mass is 16.3. The largest absolute Gasteiger partial charge is 0.392 e. The van der Waals surface area contributed by atoms with Crippen LogP contribution in [-0.2, 0) is 6.42 Å². The normalized spacial score (nSPS) is 24.3. The second-order valence-corrected chi connectivity index (χ2v) is 10.8. The smallest absolute Gasteiger partial charge is 0.146 e. The molecule has 3 heterocycles. The summed E-state index contributed by atoms with van der Waals surface area (Å²) in [7, 11) is 1.89. The topological polar surface area (TPSA) is 102 Å². The van der Waals surface area contributed by atoms with Crippen LogP contribution in [0.4, 0.5) is 11.6 Å². The number of hydrogen-bond acceptors (Lipinski definition) is 6. The van der Waals surface area contributed by atoms with Crippen LogP contribution in [0.5, 0.6) is 0 Å². The summed E-state index contributed by atoms with van der Waals surface area (Å²) in [4.78, 5) is 13.7. The molecule has 0 amide bonds. The highest BCUT2D eigenvalue weighted by Gasteiger charge is 2.42. The van der Waals surface area contributed by atoms with E-state index in [2.05, 4.69) is 56.9 Å². The number of nitrogens with two attached hydrogens (primary N) is 1. The number of aromatic nitrogens is 4. The van der Waals surface area contributed by atoms with Gasteiger partial charge in [0.1, 0.15) is 23.6 Å². The Hall–Kier alpha value is -3.45. The molecule has 0 aliphatic heterocycles. The van der Waals surface area contributed by atoms with Crippen LogP contribution >= 0.6 is 0 Å². The van der Waals surface area contributed by atoms with Crippen molar-refractivity contribution in [1.82, 2.24) is 19.5 Å². The number of nitrogens with zero attached hydrogens (tertiary/aromatic N) is 4. The SMILES string of the molecule is C=C[C@@H]1[C@H](O)[C@@H](CCc2ccc3ccc(NC)nc3c2)C[C@H]1n1cc(C2CCCC2)c2c(N)ncnc21. The third-order valence-electron chi connectivity index (χ3n) is 8.77. The number of hydrogen-bond donors (Lipinski definition) is 3. The predicted molar refractivity (Wildman–Crippen MR) is 150 cm³/mol. The Morgan fingerprint density at radius 1 is 1.19 bits per heavy atom. The molecule has 3 aromatic heterocycles. The van der Waals surface area contributed by atoms with Crippen LogP contribution in [0.25, 0.3) is 21.9 Å². The van der Waals surface area contributed by atoms with Gasteiger partial charge in [0.2, 0.25) is 0 Å². The lowest BCUT2D eigenvalue weighted by molar-refractivity contribution is 0.0996. The molecule has 0 spiro atoms. The van der Waals surface area contributed by atoms with Crippen molar-refractivity contribution in [2.24, 2.45) is 11.8 Å². The molecule has 7 nitrogen and oxygen atoms in total. The monoisotopic (exact) mass is 496 g/mol. The number of anilines is 2. The first-order valence-electron chi connectivity index (χ1n) is 13.6. The number of aryl methyl sites for hydroxylation is 1. The molecule has 0 saturated heterocycles. The molecule has 4 atom stereocenters. The Balaban J connectivity index is 1.27. The van der Waals surface area contributed by atoms with Gasteiger partial charge < -0.3 is 20.7 Å². The molecule has 37 heavy (non-hydrogen) atoms. The summed E-state index contributed by atoms with van der Waals surface area (Å²) in [5.41, 5.74) is 10.8. The number of nitrogens with one attached hydrogen (secondary N) is 1. The summed E-state index contributed by atoms with van der Waals surface area (Å²) in [6.07, 6.45) is 12.9. The molecular formula is C30H36N6O. The Bertz CT molecular complexity index is 1440. The first-order chi connectivity index (χ1) is 18.1. The van der Waals surface area contributed by atoms with Crippen molar-refractivity contribution in [3.05, 3.63) is 66.6 Å². The van der Waals surface area contributed by atoms with Crippen LogP contribution < -0.4 is 11.1 Å². The fourth-order valence-corrected chi connectivity index (χ4v) is 6.78. The van der Waals surface area contributed by atoms with E-state index < -0.39 is 6.10 Å².